The minimum absolute atomic E-state index is 0.137. The molecule has 2 heterocycles. The summed E-state index contributed by atoms with van der Waals surface area (Å²) in [4.78, 5) is 28.9. The van der Waals surface area contributed by atoms with E-state index in [4.69, 9.17) is 5.21 Å². The molecule has 0 bridgehead atoms. The Labute approximate surface area is 162 Å². The van der Waals surface area contributed by atoms with Gasteiger partial charge in [-0.1, -0.05) is 30.3 Å². The van der Waals surface area contributed by atoms with Crippen molar-refractivity contribution in [2.45, 2.75) is 25.9 Å². The summed E-state index contributed by atoms with van der Waals surface area (Å²) in [6, 6.07) is 14.0. The van der Waals surface area contributed by atoms with Gasteiger partial charge in [0.15, 0.2) is 0 Å². The van der Waals surface area contributed by atoms with Gasteiger partial charge < -0.3 is 9.88 Å². The summed E-state index contributed by atoms with van der Waals surface area (Å²) in [6.07, 6.45) is 6.06. The quantitative estimate of drug-likeness (QED) is 0.364. The average Bonchev–Trinajstić information content (AvgIpc) is 3.34. The molecule has 4 rings (SSSR count). The second-order valence-electron chi connectivity index (χ2n) is 6.95. The topological polar surface area (TPSA) is 85.4 Å². The van der Waals surface area contributed by atoms with Crippen molar-refractivity contribution in [2.75, 3.05) is 0 Å². The average molecular weight is 375 g/mol. The van der Waals surface area contributed by atoms with Crippen molar-refractivity contribution in [3.8, 4) is 0 Å². The summed E-state index contributed by atoms with van der Waals surface area (Å²) < 4.78 is 0. The summed E-state index contributed by atoms with van der Waals surface area (Å²) in [6.45, 7) is 1.19. The van der Waals surface area contributed by atoms with Gasteiger partial charge in [0.25, 0.3) is 5.91 Å². The molecule has 3 aromatic rings. The Morgan fingerprint density at radius 1 is 1.14 bits per heavy atom. The van der Waals surface area contributed by atoms with Gasteiger partial charge in [-0.2, -0.15) is 0 Å². The minimum Gasteiger partial charge on any atom is -0.361 e. The maximum absolute atomic E-state index is 12.7. The van der Waals surface area contributed by atoms with Crippen molar-refractivity contribution in [3.63, 3.8) is 0 Å². The normalized spacial score (nSPS) is 13.2. The lowest BCUT2D eigenvalue weighted by Crippen LogP contribution is -2.25. The highest BCUT2D eigenvalue weighted by Crippen LogP contribution is 2.26. The lowest BCUT2D eigenvalue weighted by atomic mass is 10.1. The van der Waals surface area contributed by atoms with E-state index in [1.807, 2.05) is 47.5 Å². The Bertz CT molecular complexity index is 1070. The molecule has 0 saturated carbocycles. The largest absolute Gasteiger partial charge is 0.361 e. The highest BCUT2D eigenvalue weighted by molar-refractivity contribution is 5.90. The van der Waals surface area contributed by atoms with Crippen LogP contribution in [-0.2, 0) is 29.1 Å². The van der Waals surface area contributed by atoms with Crippen molar-refractivity contribution < 1.29 is 14.8 Å². The number of aromatic nitrogens is 1. The molecule has 0 atom stereocenters. The van der Waals surface area contributed by atoms with Crippen molar-refractivity contribution in [2.24, 2.45) is 0 Å². The Balaban J connectivity index is 1.39. The molecule has 0 unspecified atom stereocenters. The van der Waals surface area contributed by atoms with Crippen LogP contribution in [0.5, 0.6) is 0 Å². The number of carbonyl (C=O) groups excluding carboxylic acids is 2. The lowest BCUT2D eigenvalue weighted by Gasteiger charge is -2.15. The monoisotopic (exact) mass is 375 g/mol. The van der Waals surface area contributed by atoms with Crippen LogP contribution in [0.1, 0.15) is 28.7 Å². The molecule has 0 spiro atoms. The van der Waals surface area contributed by atoms with Crippen LogP contribution in [0.15, 0.2) is 54.7 Å². The van der Waals surface area contributed by atoms with Crippen LogP contribution in [0, 0.1) is 0 Å². The number of para-hydroxylation sites is 1. The highest BCUT2D eigenvalue weighted by atomic mass is 16.5. The number of hydroxylamine groups is 1. The van der Waals surface area contributed by atoms with E-state index in [0.717, 1.165) is 27.8 Å². The highest BCUT2D eigenvalue weighted by Gasteiger charge is 2.23. The SMILES string of the molecule is O=C(/C=C/c1ccc2c(c1)CN(C(=O)CCc1c[nH]c3ccccc13)C2)NO. The first-order valence-corrected chi connectivity index (χ1v) is 9.21. The van der Waals surface area contributed by atoms with E-state index in [1.54, 1.807) is 11.6 Å². The van der Waals surface area contributed by atoms with E-state index in [2.05, 4.69) is 11.1 Å². The fraction of sp³-hybridized carbons (Fsp3) is 0.182. The molecule has 0 radical (unpaired) electrons. The zero-order valence-corrected chi connectivity index (χ0v) is 15.3. The van der Waals surface area contributed by atoms with Gasteiger partial charge in [-0.3, -0.25) is 14.8 Å². The fourth-order valence-electron chi connectivity index (χ4n) is 3.64. The molecule has 0 saturated heterocycles. The molecule has 0 fully saturated rings. The van der Waals surface area contributed by atoms with Crippen LogP contribution in [0.3, 0.4) is 0 Å². The zero-order valence-electron chi connectivity index (χ0n) is 15.3. The number of aromatic amines is 1. The molecule has 1 aromatic heterocycles. The van der Waals surface area contributed by atoms with Crippen LogP contribution >= 0.6 is 0 Å². The van der Waals surface area contributed by atoms with Gasteiger partial charge in [-0.05, 0) is 46.9 Å². The minimum atomic E-state index is -0.574. The smallest absolute Gasteiger partial charge is 0.267 e. The predicted molar refractivity (Wildman–Crippen MR) is 106 cm³/mol. The van der Waals surface area contributed by atoms with E-state index < -0.39 is 5.91 Å². The van der Waals surface area contributed by atoms with Crippen LogP contribution in [-0.4, -0.2) is 26.9 Å². The molecular formula is C22H21N3O3. The molecule has 6 heteroatoms. The zero-order chi connectivity index (χ0) is 19.5. The van der Waals surface area contributed by atoms with E-state index in [1.165, 1.54) is 11.5 Å². The van der Waals surface area contributed by atoms with Gasteiger partial charge in [-0.15, -0.1) is 0 Å². The number of rotatable bonds is 5. The number of H-pyrrole nitrogens is 1. The maximum atomic E-state index is 12.7. The number of nitrogens with zero attached hydrogens (tertiary/aromatic N) is 1. The van der Waals surface area contributed by atoms with Gasteiger partial charge in [0.1, 0.15) is 0 Å². The van der Waals surface area contributed by atoms with Crippen molar-refractivity contribution >= 4 is 28.8 Å². The van der Waals surface area contributed by atoms with Gasteiger partial charge >= 0.3 is 0 Å². The third-order valence-electron chi connectivity index (χ3n) is 5.13. The molecule has 0 aliphatic carbocycles. The van der Waals surface area contributed by atoms with E-state index in [9.17, 15) is 9.59 Å². The third kappa shape index (κ3) is 3.68. The van der Waals surface area contributed by atoms with Crippen LogP contribution in [0.2, 0.25) is 0 Å². The summed E-state index contributed by atoms with van der Waals surface area (Å²) >= 11 is 0. The molecule has 6 nitrogen and oxygen atoms in total. The third-order valence-corrected chi connectivity index (χ3v) is 5.13. The molecule has 2 aromatic carbocycles. The number of amides is 2. The van der Waals surface area contributed by atoms with Crippen molar-refractivity contribution in [1.29, 1.82) is 0 Å². The standard InChI is InChI=1S/C22H21N3O3/c26-21(24-28)9-6-15-5-7-17-13-25(14-18(17)11-15)22(27)10-8-16-12-23-20-4-2-1-3-19(16)20/h1-7,9,11-12,23,28H,8,10,13-14H2,(H,24,26)/b9-6+. The molecule has 142 valence electrons. The summed E-state index contributed by atoms with van der Waals surface area (Å²) in [5, 5.41) is 9.71. The summed E-state index contributed by atoms with van der Waals surface area (Å²) in [5.41, 5.74) is 6.89. The Hall–Kier alpha value is -3.38. The molecule has 1 aliphatic heterocycles. The van der Waals surface area contributed by atoms with Gasteiger partial charge in [0.05, 0.1) is 0 Å². The van der Waals surface area contributed by atoms with Crippen molar-refractivity contribution in [1.82, 2.24) is 15.4 Å². The Morgan fingerprint density at radius 3 is 2.82 bits per heavy atom. The van der Waals surface area contributed by atoms with Gasteiger partial charge in [0, 0.05) is 42.7 Å². The summed E-state index contributed by atoms with van der Waals surface area (Å²) in [5.74, 6) is -0.437. The first-order chi connectivity index (χ1) is 13.6. The van der Waals surface area contributed by atoms with Crippen LogP contribution < -0.4 is 5.48 Å². The fourth-order valence-corrected chi connectivity index (χ4v) is 3.64. The number of benzene rings is 2. The van der Waals surface area contributed by atoms with Crippen LogP contribution in [0.4, 0.5) is 0 Å². The van der Waals surface area contributed by atoms with Crippen molar-refractivity contribution in [3.05, 3.63) is 77.0 Å². The van der Waals surface area contributed by atoms with E-state index in [-0.39, 0.29) is 5.91 Å². The number of aryl methyl sites for hydroxylation is 1. The first kappa shape index (κ1) is 18.0. The van der Waals surface area contributed by atoms with E-state index in [0.29, 0.717) is 25.9 Å². The van der Waals surface area contributed by atoms with Gasteiger partial charge in [-0.25, -0.2) is 5.48 Å². The Kier molecular flexibility index (Phi) is 4.95. The predicted octanol–water partition coefficient (Wildman–Crippen LogP) is 3.16. The molecule has 3 N–H and O–H groups in total. The number of hydrogen-bond acceptors (Lipinski definition) is 3. The number of fused-ring (bicyclic) bond motifs is 2. The molecular weight excluding hydrogens is 354 g/mol. The molecule has 2 amide bonds. The Morgan fingerprint density at radius 2 is 1.96 bits per heavy atom. The second kappa shape index (κ2) is 7.70. The number of nitrogens with one attached hydrogen (secondary N) is 2. The number of carbonyl (C=O) groups is 2. The first-order valence-electron chi connectivity index (χ1n) is 9.21. The number of hydrogen-bond donors (Lipinski definition) is 3. The van der Waals surface area contributed by atoms with Gasteiger partial charge in [0.2, 0.25) is 5.91 Å². The maximum Gasteiger partial charge on any atom is 0.267 e. The molecule has 1 aliphatic rings. The summed E-state index contributed by atoms with van der Waals surface area (Å²) in [7, 11) is 0. The van der Waals surface area contributed by atoms with E-state index >= 15 is 0 Å². The lowest BCUT2D eigenvalue weighted by molar-refractivity contribution is -0.131. The second-order valence-corrected chi connectivity index (χ2v) is 6.95. The van der Waals surface area contributed by atoms with Crippen LogP contribution in [0.25, 0.3) is 17.0 Å². The molecule has 28 heavy (non-hydrogen) atoms.